The SMILES string of the molecule is O=C1c2cccc3cccc(c23)N1C[C@H]1CCCCO1. The molecule has 2 aliphatic rings. The highest BCUT2D eigenvalue weighted by Crippen LogP contribution is 2.37. The minimum absolute atomic E-state index is 0.117. The molecule has 3 nitrogen and oxygen atoms in total. The number of carbonyl (C=O) groups is 1. The molecule has 2 aromatic rings. The maximum Gasteiger partial charge on any atom is 0.259 e. The molecule has 2 aromatic carbocycles. The van der Waals surface area contributed by atoms with Gasteiger partial charge in [-0.2, -0.15) is 0 Å². The monoisotopic (exact) mass is 267 g/mol. The van der Waals surface area contributed by atoms with Crippen molar-refractivity contribution in [3.8, 4) is 0 Å². The molecule has 2 heterocycles. The molecule has 1 atom stereocenters. The standard InChI is InChI=1S/C17H17NO2/c19-17-14-8-3-5-12-6-4-9-15(16(12)14)18(17)11-13-7-1-2-10-20-13/h3-6,8-9,13H,1-2,7,10-11H2/t13-/m1/s1. The van der Waals surface area contributed by atoms with Gasteiger partial charge >= 0.3 is 0 Å². The van der Waals surface area contributed by atoms with Crippen LogP contribution in [0.2, 0.25) is 0 Å². The summed E-state index contributed by atoms with van der Waals surface area (Å²) >= 11 is 0. The first-order valence-electron chi connectivity index (χ1n) is 7.30. The highest BCUT2D eigenvalue weighted by molar-refractivity contribution is 6.25. The summed E-state index contributed by atoms with van der Waals surface area (Å²) in [6.07, 6.45) is 3.57. The Morgan fingerprint density at radius 1 is 1.15 bits per heavy atom. The van der Waals surface area contributed by atoms with Gasteiger partial charge in [-0.1, -0.05) is 24.3 Å². The van der Waals surface area contributed by atoms with Crippen LogP contribution in [0.15, 0.2) is 36.4 Å². The van der Waals surface area contributed by atoms with Crippen molar-refractivity contribution in [2.24, 2.45) is 0 Å². The summed E-state index contributed by atoms with van der Waals surface area (Å²) in [5, 5.41) is 2.23. The Bertz CT molecular complexity index is 668. The zero-order chi connectivity index (χ0) is 13.5. The molecule has 0 bridgehead atoms. The lowest BCUT2D eigenvalue weighted by atomic mass is 10.1. The molecule has 0 spiro atoms. The topological polar surface area (TPSA) is 29.5 Å². The molecule has 1 fully saturated rings. The predicted octanol–water partition coefficient (Wildman–Crippen LogP) is 3.37. The van der Waals surface area contributed by atoms with Gasteiger partial charge in [-0.25, -0.2) is 0 Å². The minimum atomic E-state index is 0.117. The maximum absolute atomic E-state index is 12.6. The molecule has 0 unspecified atom stereocenters. The Kier molecular flexibility index (Phi) is 2.74. The lowest BCUT2D eigenvalue weighted by molar-refractivity contribution is 0.0209. The van der Waals surface area contributed by atoms with Crippen LogP contribution >= 0.6 is 0 Å². The van der Waals surface area contributed by atoms with Gasteiger partial charge in [0.1, 0.15) is 0 Å². The van der Waals surface area contributed by atoms with Crippen LogP contribution in [-0.4, -0.2) is 25.2 Å². The van der Waals surface area contributed by atoms with Gasteiger partial charge in [0.15, 0.2) is 0 Å². The lowest BCUT2D eigenvalue weighted by Crippen LogP contribution is -2.37. The van der Waals surface area contributed by atoms with Gasteiger partial charge in [0.25, 0.3) is 5.91 Å². The average Bonchev–Trinajstić information content (AvgIpc) is 2.77. The van der Waals surface area contributed by atoms with Gasteiger partial charge in [0.05, 0.1) is 18.3 Å². The van der Waals surface area contributed by atoms with E-state index in [2.05, 4.69) is 12.1 Å². The fraction of sp³-hybridized carbons (Fsp3) is 0.353. The van der Waals surface area contributed by atoms with Crippen molar-refractivity contribution in [2.45, 2.75) is 25.4 Å². The van der Waals surface area contributed by atoms with Gasteiger partial charge in [0.2, 0.25) is 0 Å². The van der Waals surface area contributed by atoms with Crippen LogP contribution in [0, 0.1) is 0 Å². The van der Waals surface area contributed by atoms with E-state index < -0.39 is 0 Å². The second-order valence-corrected chi connectivity index (χ2v) is 5.59. The Morgan fingerprint density at radius 2 is 2.00 bits per heavy atom. The highest BCUT2D eigenvalue weighted by atomic mass is 16.5. The van der Waals surface area contributed by atoms with Gasteiger partial charge in [-0.15, -0.1) is 0 Å². The van der Waals surface area contributed by atoms with Crippen LogP contribution in [0.4, 0.5) is 5.69 Å². The normalized spacial score (nSPS) is 21.7. The summed E-state index contributed by atoms with van der Waals surface area (Å²) in [7, 11) is 0. The summed E-state index contributed by atoms with van der Waals surface area (Å²) in [5.41, 5.74) is 1.87. The largest absolute Gasteiger partial charge is 0.376 e. The van der Waals surface area contributed by atoms with Crippen molar-refractivity contribution in [2.75, 3.05) is 18.1 Å². The van der Waals surface area contributed by atoms with Crippen molar-refractivity contribution >= 4 is 22.4 Å². The summed E-state index contributed by atoms with van der Waals surface area (Å²) < 4.78 is 5.79. The number of anilines is 1. The molecule has 4 rings (SSSR count). The molecular formula is C17H17NO2. The molecule has 0 N–H and O–H groups in total. The van der Waals surface area contributed by atoms with Crippen LogP contribution in [0.5, 0.6) is 0 Å². The third-order valence-corrected chi connectivity index (χ3v) is 4.31. The van der Waals surface area contributed by atoms with Crippen molar-refractivity contribution in [3.05, 3.63) is 42.0 Å². The van der Waals surface area contributed by atoms with Crippen LogP contribution < -0.4 is 4.90 Å². The third-order valence-electron chi connectivity index (χ3n) is 4.31. The molecule has 0 saturated carbocycles. The highest BCUT2D eigenvalue weighted by Gasteiger charge is 2.31. The summed E-state index contributed by atoms with van der Waals surface area (Å²) in [6.45, 7) is 1.50. The molecule has 0 radical (unpaired) electrons. The first-order chi connectivity index (χ1) is 9.84. The van der Waals surface area contributed by atoms with E-state index in [0.29, 0.717) is 6.54 Å². The Labute approximate surface area is 118 Å². The van der Waals surface area contributed by atoms with Gasteiger partial charge < -0.3 is 9.64 Å². The number of ether oxygens (including phenoxy) is 1. The maximum atomic E-state index is 12.6. The average molecular weight is 267 g/mol. The van der Waals surface area contributed by atoms with E-state index in [-0.39, 0.29) is 12.0 Å². The second kappa shape index (κ2) is 4.60. The van der Waals surface area contributed by atoms with E-state index in [1.807, 2.05) is 29.2 Å². The van der Waals surface area contributed by atoms with Crippen LogP contribution in [0.3, 0.4) is 0 Å². The van der Waals surface area contributed by atoms with Crippen LogP contribution in [0.1, 0.15) is 29.6 Å². The minimum Gasteiger partial charge on any atom is -0.376 e. The molecule has 3 heteroatoms. The van der Waals surface area contributed by atoms with E-state index in [1.165, 1.54) is 6.42 Å². The number of hydrogen-bond acceptors (Lipinski definition) is 2. The zero-order valence-corrected chi connectivity index (χ0v) is 11.3. The quantitative estimate of drug-likeness (QED) is 0.835. The molecule has 2 aliphatic heterocycles. The van der Waals surface area contributed by atoms with E-state index in [1.54, 1.807) is 0 Å². The molecule has 0 aromatic heterocycles. The first-order valence-corrected chi connectivity index (χ1v) is 7.30. The van der Waals surface area contributed by atoms with Crippen LogP contribution in [-0.2, 0) is 4.74 Å². The number of benzene rings is 2. The van der Waals surface area contributed by atoms with Crippen molar-refractivity contribution in [1.29, 1.82) is 0 Å². The molecule has 0 aliphatic carbocycles. The van der Waals surface area contributed by atoms with Gasteiger partial charge in [-0.3, -0.25) is 4.79 Å². The Morgan fingerprint density at radius 3 is 2.80 bits per heavy atom. The molecule has 20 heavy (non-hydrogen) atoms. The van der Waals surface area contributed by atoms with Crippen LogP contribution in [0.25, 0.3) is 10.8 Å². The van der Waals surface area contributed by atoms with E-state index in [4.69, 9.17) is 4.74 Å². The zero-order valence-electron chi connectivity index (χ0n) is 11.3. The predicted molar refractivity (Wildman–Crippen MR) is 79.2 cm³/mol. The van der Waals surface area contributed by atoms with Crippen molar-refractivity contribution in [3.63, 3.8) is 0 Å². The molecular weight excluding hydrogens is 250 g/mol. The molecule has 102 valence electrons. The second-order valence-electron chi connectivity index (χ2n) is 5.59. The molecule has 1 saturated heterocycles. The first kappa shape index (κ1) is 11.9. The summed E-state index contributed by atoms with van der Waals surface area (Å²) in [6, 6.07) is 12.1. The number of amides is 1. The Hall–Kier alpha value is -1.87. The number of carbonyl (C=O) groups excluding carboxylic acids is 1. The number of rotatable bonds is 2. The van der Waals surface area contributed by atoms with Crippen molar-refractivity contribution in [1.82, 2.24) is 0 Å². The smallest absolute Gasteiger partial charge is 0.259 e. The third kappa shape index (κ3) is 1.74. The van der Waals surface area contributed by atoms with Gasteiger partial charge in [-0.05, 0) is 36.8 Å². The number of hydrogen-bond donors (Lipinski definition) is 0. The number of nitrogens with zero attached hydrogens (tertiary/aromatic N) is 1. The van der Waals surface area contributed by atoms with Gasteiger partial charge in [0, 0.05) is 17.6 Å². The van der Waals surface area contributed by atoms with Crippen molar-refractivity contribution < 1.29 is 9.53 Å². The summed E-state index contributed by atoms with van der Waals surface area (Å²) in [4.78, 5) is 14.5. The summed E-state index contributed by atoms with van der Waals surface area (Å²) in [5.74, 6) is 0.117. The molecule has 1 amide bonds. The van der Waals surface area contributed by atoms with E-state index in [9.17, 15) is 4.79 Å². The fourth-order valence-electron chi connectivity index (χ4n) is 3.32. The van der Waals surface area contributed by atoms with E-state index >= 15 is 0 Å². The fourth-order valence-corrected chi connectivity index (χ4v) is 3.32. The lowest BCUT2D eigenvalue weighted by Gasteiger charge is -2.27. The van der Waals surface area contributed by atoms with E-state index in [0.717, 1.165) is 41.5 Å². The Balaban J connectivity index is 1.73.